The highest BCUT2D eigenvalue weighted by Gasteiger charge is 2.39. The van der Waals surface area contributed by atoms with Crippen LogP contribution in [0, 0.1) is 9.39 Å². The second-order valence-electron chi connectivity index (χ2n) is 3.77. The molecule has 0 saturated carbocycles. The molecule has 0 radical (unpaired) electrons. The molecular weight excluding hydrogens is 398 g/mol. The Morgan fingerprint density at radius 2 is 2.22 bits per heavy atom. The number of rotatable bonds is 2. The molecule has 0 bridgehead atoms. The molecule has 1 amide bonds. The number of amides is 1. The van der Waals surface area contributed by atoms with E-state index < -0.39 is 20.1 Å². The minimum atomic E-state index is -3.79. The van der Waals surface area contributed by atoms with Gasteiger partial charge in [0.05, 0.1) is 9.77 Å². The van der Waals surface area contributed by atoms with E-state index in [0.717, 1.165) is 6.20 Å². The van der Waals surface area contributed by atoms with Gasteiger partial charge in [0.2, 0.25) is 15.0 Å². The molecule has 1 unspecified atom stereocenters. The number of nitrogens with zero attached hydrogens (tertiary/aromatic N) is 2. The van der Waals surface area contributed by atoms with E-state index in [4.69, 9.17) is 10.7 Å². The monoisotopic (exact) mass is 404 g/mol. The first-order valence-corrected chi connectivity index (χ1v) is 8.29. The predicted octanol–water partition coefficient (Wildman–Crippen LogP) is 1.50. The van der Waals surface area contributed by atoms with E-state index in [0.29, 0.717) is 3.57 Å². The zero-order valence-electron chi connectivity index (χ0n) is 8.81. The summed E-state index contributed by atoms with van der Waals surface area (Å²) >= 11 is 1.83. The Morgan fingerprint density at radius 3 is 2.72 bits per heavy atom. The normalized spacial score (nSPS) is 20.5. The standard InChI is InChI=1S/C9H7ClFIN2O3S/c10-18(16,17)6-2-8(15)14(4-6)9-7(12)1-5(11)3-13-9/h1,3,6H,2,4H2. The van der Waals surface area contributed by atoms with Gasteiger partial charge in [-0.3, -0.25) is 9.69 Å². The van der Waals surface area contributed by atoms with Gasteiger partial charge in [-0.15, -0.1) is 0 Å². The van der Waals surface area contributed by atoms with E-state index in [2.05, 4.69) is 4.98 Å². The Kier molecular flexibility index (Phi) is 3.79. The van der Waals surface area contributed by atoms with Gasteiger partial charge < -0.3 is 0 Å². The van der Waals surface area contributed by atoms with Crippen LogP contribution in [0.25, 0.3) is 0 Å². The molecule has 1 fully saturated rings. The quantitative estimate of drug-likeness (QED) is 0.553. The Balaban J connectivity index is 2.33. The molecule has 98 valence electrons. The summed E-state index contributed by atoms with van der Waals surface area (Å²) in [5.74, 6) is -0.651. The summed E-state index contributed by atoms with van der Waals surface area (Å²) in [6.07, 6.45) is 0.800. The van der Waals surface area contributed by atoms with Gasteiger partial charge >= 0.3 is 0 Å². The average molecular weight is 405 g/mol. The van der Waals surface area contributed by atoms with Crippen molar-refractivity contribution < 1.29 is 17.6 Å². The third-order valence-electron chi connectivity index (χ3n) is 2.53. The molecule has 1 aliphatic heterocycles. The Hall–Kier alpha value is -0.480. The summed E-state index contributed by atoms with van der Waals surface area (Å²) in [4.78, 5) is 16.8. The van der Waals surface area contributed by atoms with Crippen LogP contribution < -0.4 is 4.90 Å². The number of carbonyl (C=O) groups excluding carboxylic acids is 1. The van der Waals surface area contributed by atoms with Crippen LogP contribution in [0.3, 0.4) is 0 Å². The zero-order chi connectivity index (χ0) is 13.5. The first-order chi connectivity index (χ1) is 8.29. The number of pyridine rings is 1. The van der Waals surface area contributed by atoms with E-state index in [1.54, 1.807) is 0 Å². The van der Waals surface area contributed by atoms with Gasteiger partial charge in [-0.2, -0.15) is 0 Å². The van der Waals surface area contributed by atoms with Crippen LogP contribution in [-0.2, 0) is 13.8 Å². The Bertz CT molecular complexity index is 610. The molecule has 9 heteroatoms. The highest BCUT2D eigenvalue weighted by Crippen LogP contribution is 2.28. The molecule has 1 saturated heterocycles. The molecule has 0 aliphatic carbocycles. The van der Waals surface area contributed by atoms with Crippen LogP contribution in [0.15, 0.2) is 12.3 Å². The van der Waals surface area contributed by atoms with E-state index in [1.165, 1.54) is 11.0 Å². The summed E-state index contributed by atoms with van der Waals surface area (Å²) < 4.78 is 35.7. The van der Waals surface area contributed by atoms with Crippen molar-refractivity contribution >= 4 is 54.0 Å². The molecular formula is C9H7ClFIN2O3S. The Morgan fingerprint density at radius 1 is 1.56 bits per heavy atom. The number of halogens is 3. The van der Waals surface area contributed by atoms with Gasteiger partial charge in [0.25, 0.3) is 0 Å². The van der Waals surface area contributed by atoms with Gasteiger partial charge in [0.15, 0.2) is 0 Å². The van der Waals surface area contributed by atoms with Crippen LogP contribution in [0.4, 0.5) is 10.2 Å². The number of anilines is 1. The summed E-state index contributed by atoms with van der Waals surface area (Å²) in [5, 5.41) is -0.950. The third kappa shape index (κ3) is 2.75. The molecule has 1 aliphatic rings. The topological polar surface area (TPSA) is 67.3 Å². The van der Waals surface area contributed by atoms with Crippen LogP contribution in [0.2, 0.25) is 0 Å². The largest absolute Gasteiger partial charge is 0.295 e. The smallest absolute Gasteiger partial charge is 0.237 e. The highest BCUT2D eigenvalue weighted by molar-refractivity contribution is 14.1. The van der Waals surface area contributed by atoms with Gasteiger partial charge in [0, 0.05) is 23.6 Å². The summed E-state index contributed by atoms with van der Waals surface area (Å²) in [6, 6.07) is 1.22. The number of carbonyl (C=O) groups is 1. The van der Waals surface area contributed by atoms with Crippen LogP contribution in [-0.4, -0.2) is 31.1 Å². The van der Waals surface area contributed by atoms with E-state index in [-0.39, 0.29) is 24.7 Å². The SMILES string of the molecule is O=C1CC(S(=O)(=O)Cl)CN1c1ncc(F)cc1I. The molecule has 1 aromatic rings. The van der Waals surface area contributed by atoms with Crippen LogP contribution in [0.5, 0.6) is 0 Å². The molecule has 1 aromatic heterocycles. The Labute approximate surface area is 121 Å². The van der Waals surface area contributed by atoms with E-state index in [1.807, 2.05) is 22.6 Å². The second kappa shape index (κ2) is 4.89. The van der Waals surface area contributed by atoms with Crippen molar-refractivity contribution in [3.05, 3.63) is 21.7 Å². The van der Waals surface area contributed by atoms with Crippen molar-refractivity contribution in [2.45, 2.75) is 11.7 Å². The summed E-state index contributed by atoms with van der Waals surface area (Å²) in [6.45, 7) is -0.0562. The molecule has 0 N–H and O–H groups in total. The number of hydrogen-bond acceptors (Lipinski definition) is 4. The lowest BCUT2D eigenvalue weighted by Gasteiger charge is -2.16. The molecule has 0 aromatic carbocycles. The van der Waals surface area contributed by atoms with Crippen molar-refractivity contribution in [1.29, 1.82) is 0 Å². The fourth-order valence-corrected chi connectivity index (χ4v) is 3.43. The molecule has 2 heterocycles. The zero-order valence-corrected chi connectivity index (χ0v) is 12.5. The molecule has 1 atom stereocenters. The fraction of sp³-hybridized carbons (Fsp3) is 0.333. The summed E-state index contributed by atoms with van der Waals surface area (Å²) in [5.41, 5.74) is 0. The van der Waals surface area contributed by atoms with Gasteiger partial charge in [0.1, 0.15) is 16.9 Å². The van der Waals surface area contributed by atoms with Crippen molar-refractivity contribution in [1.82, 2.24) is 4.98 Å². The van der Waals surface area contributed by atoms with Crippen molar-refractivity contribution in [2.75, 3.05) is 11.4 Å². The first kappa shape index (κ1) is 13.9. The fourth-order valence-electron chi connectivity index (χ4n) is 1.67. The molecule has 5 nitrogen and oxygen atoms in total. The highest BCUT2D eigenvalue weighted by atomic mass is 127. The lowest BCUT2D eigenvalue weighted by molar-refractivity contribution is -0.117. The van der Waals surface area contributed by atoms with E-state index in [9.17, 15) is 17.6 Å². The lowest BCUT2D eigenvalue weighted by Crippen LogP contribution is -2.28. The van der Waals surface area contributed by atoms with Gasteiger partial charge in [-0.1, -0.05) is 0 Å². The van der Waals surface area contributed by atoms with E-state index >= 15 is 0 Å². The number of hydrogen-bond donors (Lipinski definition) is 0. The minimum Gasteiger partial charge on any atom is -0.295 e. The number of aromatic nitrogens is 1. The maximum Gasteiger partial charge on any atom is 0.237 e. The first-order valence-electron chi connectivity index (χ1n) is 4.84. The third-order valence-corrected chi connectivity index (χ3v) is 5.19. The van der Waals surface area contributed by atoms with Crippen LogP contribution >= 0.6 is 33.3 Å². The van der Waals surface area contributed by atoms with Crippen LogP contribution in [0.1, 0.15) is 6.42 Å². The second-order valence-corrected chi connectivity index (χ2v) is 7.84. The van der Waals surface area contributed by atoms with Crippen molar-refractivity contribution in [3.8, 4) is 0 Å². The van der Waals surface area contributed by atoms with Crippen molar-refractivity contribution in [3.63, 3.8) is 0 Å². The molecule has 2 rings (SSSR count). The lowest BCUT2D eigenvalue weighted by atomic mass is 10.4. The summed E-state index contributed by atoms with van der Waals surface area (Å²) in [7, 11) is 1.44. The molecule has 18 heavy (non-hydrogen) atoms. The maximum absolute atomic E-state index is 12.9. The maximum atomic E-state index is 12.9. The van der Waals surface area contributed by atoms with Gasteiger partial charge in [-0.05, 0) is 28.7 Å². The van der Waals surface area contributed by atoms with Crippen molar-refractivity contribution in [2.24, 2.45) is 0 Å². The van der Waals surface area contributed by atoms with Gasteiger partial charge in [-0.25, -0.2) is 17.8 Å². The minimum absolute atomic E-state index is 0.0562. The molecule has 0 spiro atoms. The predicted molar refractivity (Wildman–Crippen MR) is 72.4 cm³/mol. The average Bonchev–Trinajstić information content (AvgIpc) is 2.60.